The molecule has 0 spiro atoms. The molecular weight excluding hydrogens is 152 g/mol. The molecule has 1 aromatic carbocycles. The first-order chi connectivity index (χ1) is 5.79. The number of hydrogen-bond donors (Lipinski definition) is 1. The van der Waals surface area contributed by atoms with Crippen LogP contribution >= 0.6 is 0 Å². The molecule has 0 aromatic heterocycles. The molecule has 0 amide bonds. The second-order valence-corrected chi connectivity index (χ2v) is 2.37. The molecule has 1 rings (SSSR count). The summed E-state index contributed by atoms with van der Waals surface area (Å²) in [6.45, 7) is 1.87. The number of ether oxygens (including phenoxy) is 1. The molecule has 0 aliphatic carbocycles. The van der Waals surface area contributed by atoms with Gasteiger partial charge in [-0.15, -0.1) is 0 Å². The monoisotopic (exact) mass is 164 g/mol. The van der Waals surface area contributed by atoms with Crippen molar-refractivity contribution in [2.75, 3.05) is 7.11 Å². The van der Waals surface area contributed by atoms with Crippen LogP contribution in [0.3, 0.4) is 0 Å². The topological polar surface area (TPSA) is 29.5 Å². The van der Waals surface area contributed by atoms with Crippen molar-refractivity contribution < 1.29 is 9.84 Å². The number of phenolic OH excluding ortho intramolecular Hbond substituents is 1. The van der Waals surface area contributed by atoms with Crippen LogP contribution in [0.2, 0.25) is 0 Å². The smallest absolute Gasteiger partial charge is 0.126 e. The normalized spacial score (nSPS) is 11.3. The summed E-state index contributed by atoms with van der Waals surface area (Å²) in [6, 6.07) is 7.09. The number of allylic oxidation sites excluding steroid dienone is 1. The second kappa shape index (κ2) is 3.81. The molecule has 2 nitrogen and oxygen atoms in total. The summed E-state index contributed by atoms with van der Waals surface area (Å²) in [5.41, 5.74) is 0.725. The van der Waals surface area contributed by atoms with Crippen molar-refractivity contribution in [3.05, 3.63) is 35.9 Å². The Morgan fingerprint density at radius 2 is 2.08 bits per heavy atom. The summed E-state index contributed by atoms with van der Waals surface area (Å²) >= 11 is 0. The maximum absolute atomic E-state index is 9.42. The zero-order valence-electron chi connectivity index (χ0n) is 7.24. The fourth-order valence-electron chi connectivity index (χ4n) is 1.07. The Morgan fingerprint density at radius 1 is 1.42 bits per heavy atom. The summed E-state index contributed by atoms with van der Waals surface area (Å²) in [7, 11) is 1.59. The summed E-state index contributed by atoms with van der Waals surface area (Å²) < 4.78 is 5.07. The zero-order chi connectivity index (χ0) is 8.97. The third kappa shape index (κ3) is 1.59. The maximum atomic E-state index is 9.42. The van der Waals surface area contributed by atoms with Crippen LogP contribution in [0.1, 0.15) is 12.5 Å². The largest absolute Gasteiger partial charge is 0.507 e. The highest BCUT2D eigenvalue weighted by Gasteiger charge is 2.03. The van der Waals surface area contributed by atoms with Crippen molar-refractivity contribution in [1.29, 1.82) is 0 Å². The van der Waals surface area contributed by atoms with E-state index in [1.54, 1.807) is 19.2 Å². The molecule has 0 bridgehead atoms. The van der Waals surface area contributed by atoms with Gasteiger partial charge in [0.1, 0.15) is 11.5 Å². The van der Waals surface area contributed by atoms with Gasteiger partial charge in [-0.3, -0.25) is 0 Å². The van der Waals surface area contributed by atoms with Crippen LogP contribution in [-0.2, 0) is 4.74 Å². The average molecular weight is 164 g/mol. The lowest BCUT2D eigenvalue weighted by atomic mass is 10.1. The van der Waals surface area contributed by atoms with E-state index >= 15 is 0 Å². The Bertz CT molecular complexity index is 290. The van der Waals surface area contributed by atoms with Crippen LogP contribution in [0.25, 0.3) is 5.76 Å². The van der Waals surface area contributed by atoms with Gasteiger partial charge in [0.25, 0.3) is 0 Å². The highest BCUT2D eigenvalue weighted by molar-refractivity contribution is 5.64. The van der Waals surface area contributed by atoms with E-state index in [-0.39, 0.29) is 5.75 Å². The lowest BCUT2D eigenvalue weighted by Gasteiger charge is -2.06. The van der Waals surface area contributed by atoms with Crippen LogP contribution in [0.5, 0.6) is 5.75 Å². The molecule has 0 fully saturated rings. The Morgan fingerprint density at radius 3 is 2.58 bits per heavy atom. The SMILES string of the molecule is C/C=C(/OC)c1ccccc1O. The average Bonchev–Trinajstić information content (AvgIpc) is 2.10. The van der Waals surface area contributed by atoms with Crippen molar-refractivity contribution in [3.8, 4) is 5.75 Å². The number of rotatable bonds is 2. The highest BCUT2D eigenvalue weighted by atomic mass is 16.5. The third-order valence-electron chi connectivity index (χ3n) is 1.65. The standard InChI is InChI=1S/C10H12O2/c1-3-10(12-2)8-6-4-5-7-9(8)11/h3-7,11H,1-2H3/b10-3+. The van der Waals surface area contributed by atoms with Crippen molar-refractivity contribution in [2.45, 2.75) is 6.92 Å². The first-order valence-corrected chi connectivity index (χ1v) is 3.78. The molecule has 2 heteroatoms. The van der Waals surface area contributed by atoms with E-state index in [9.17, 15) is 5.11 Å². The van der Waals surface area contributed by atoms with Crippen molar-refractivity contribution in [3.63, 3.8) is 0 Å². The van der Waals surface area contributed by atoms with Crippen molar-refractivity contribution in [1.82, 2.24) is 0 Å². The number of benzene rings is 1. The minimum Gasteiger partial charge on any atom is -0.507 e. The zero-order valence-corrected chi connectivity index (χ0v) is 7.24. The quantitative estimate of drug-likeness (QED) is 0.680. The van der Waals surface area contributed by atoms with E-state index < -0.39 is 0 Å². The van der Waals surface area contributed by atoms with Crippen LogP contribution in [-0.4, -0.2) is 12.2 Å². The second-order valence-electron chi connectivity index (χ2n) is 2.37. The number of phenols is 1. The fourth-order valence-corrected chi connectivity index (χ4v) is 1.07. The van der Waals surface area contributed by atoms with Gasteiger partial charge in [-0.2, -0.15) is 0 Å². The molecule has 1 aromatic rings. The van der Waals surface area contributed by atoms with E-state index in [4.69, 9.17) is 4.74 Å². The van der Waals surface area contributed by atoms with Crippen molar-refractivity contribution >= 4 is 5.76 Å². The highest BCUT2D eigenvalue weighted by Crippen LogP contribution is 2.24. The van der Waals surface area contributed by atoms with Crippen LogP contribution < -0.4 is 0 Å². The molecule has 0 aliphatic heterocycles. The number of para-hydroxylation sites is 1. The molecule has 0 radical (unpaired) electrons. The molecule has 64 valence electrons. The Kier molecular flexibility index (Phi) is 2.75. The molecule has 0 aliphatic rings. The number of hydrogen-bond acceptors (Lipinski definition) is 2. The van der Waals surface area contributed by atoms with E-state index in [1.807, 2.05) is 25.1 Å². The Balaban J connectivity index is 3.10. The van der Waals surface area contributed by atoms with Gasteiger partial charge in [-0.05, 0) is 25.1 Å². The molecule has 0 heterocycles. The predicted molar refractivity (Wildman–Crippen MR) is 48.8 cm³/mol. The minimum absolute atomic E-state index is 0.243. The first kappa shape index (κ1) is 8.65. The molecule has 12 heavy (non-hydrogen) atoms. The molecule has 0 saturated heterocycles. The van der Waals surface area contributed by atoms with Gasteiger partial charge in [-0.1, -0.05) is 12.1 Å². The van der Waals surface area contributed by atoms with Gasteiger partial charge in [0, 0.05) is 0 Å². The van der Waals surface area contributed by atoms with Gasteiger partial charge >= 0.3 is 0 Å². The van der Waals surface area contributed by atoms with Crippen LogP contribution in [0, 0.1) is 0 Å². The van der Waals surface area contributed by atoms with Crippen LogP contribution in [0.15, 0.2) is 30.3 Å². The molecule has 0 saturated carbocycles. The van der Waals surface area contributed by atoms with E-state index in [2.05, 4.69) is 0 Å². The third-order valence-corrected chi connectivity index (χ3v) is 1.65. The van der Waals surface area contributed by atoms with Gasteiger partial charge < -0.3 is 9.84 Å². The Hall–Kier alpha value is -1.44. The molecule has 1 N–H and O–H groups in total. The van der Waals surface area contributed by atoms with Gasteiger partial charge in [0.2, 0.25) is 0 Å². The van der Waals surface area contributed by atoms with Gasteiger partial charge in [0.15, 0.2) is 0 Å². The predicted octanol–water partition coefficient (Wildman–Crippen LogP) is 2.40. The Labute approximate surface area is 72.1 Å². The lowest BCUT2D eigenvalue weighted by molar-refractivity contribution is 0.365. The minimum atomic E-state index is 0.243. The van der Waals surface area contributed by atoms with Gasteiger partial charge in [-0.25, -0.2) is 0 Å². The molecule has 0 unspecified atom stereocenters. The number of aromatic hydroxyl groups is 1. The van der Waals surface area contributed by atoms with Crippen LogP contribution in [0.4, 0.5) is 0 Å². The molecule has 0 atom stereocenters. The maximum Gasteiger partial charge on any atom is 0.126 e. The van der Waals surface area contributed by atoms with E-state index in [0.29, 0.717) is 5.76 Å². The summed E-state index contributed by atoms with van der Waals surface area (Å²) in [6.07, 6.45) is 1.81. The number of methoxy groups -OCH3 is 1. The lowest BCUT2D eigenvalue weighted by Crippen LogP contribution is -1.86. The summed E-state index contributed by atoms with van der Waals surface area (Å²) in [4.78, 5) is 0. The van der Waals surface area contributed by atoms with Gasteiger partial charge in [0.05, 0.1) is 12.7 Å². The summed E-state index contributed by atoms with van der Waals surface area (Å²) in [5.74, 6) is 0.931. The van der Waals surface area contributed by atoms with E-state index in [0.717, 1.165) is 5.56 Å². The van der Waals surface area contributed by atoms with Crippen molar-refractivity contribution in [2.24, 2.45) is 0 Å². The summed E-state index contributed by atoms with van der Waals surface area (Å²) in [5, 5.41) is 9.42. The first-order valence-electron chi connectivity index (χ1n) is 3.78. The molecular formula is C10H12O2. The fraction of sp³-hybridized carbons (Fsp3) is 0.200. The van der Waals surface area contributed by atoms with E-state index in [1.165, 1.54) is 0 Å².